The summed E-state index contributed by atoms with van der Waals surface area (Å²) in [7, 11) is 0. The zero-order valence-electron chi connectivity index (χ0n) is 26.9. The summed E-state index contributed by atoms with van der Waals surface area (Å²) in [6.07, 6.45) is 16.1. The number of nitrogens with one attached hydrogen (secondary N) is 1. The number of nitriles is 1. The third kappa shape index (κ3) is 8.48. The quantitative estimate of drug-likeness (QED) is 0.264. The molecule has 2 fully saturated rings. The molecule has 4 rings (SSSR count). The molecule has 2 aromatic rings. The molecule has 0 aromatic heterocycles. The van der Waals surface area contributed by atoms with Gasteiger partial charge >= 0.3 is 0 Å². The minimum Gasteiger partial charge on any atom is -0.396 e. The van der Waals surface area contributed by atoms with Gasteiger partial charge in [-0.05, 0) is 85.0 Å². The van der Waals surface area contributed by atoms with Crippen molar-refractivity contribution in [1.82, 2.24) is 0 Å². The van der Waals surface area contributed by atoms with Crippen molar-refractivity contribution in [2.24, 2.45) is 16.8 Å². The van der Waals surface area contributed by atoms with E-state index in [-0.39, 0.29) is 18.4 Å². The Bertz CT molecular complexity index is 1220. The molecule has 5 heteroatoms. The molecule has 42 heavy (non-hydrogen) atoms. The first-order chi connectivity index (χ1) is 20.4. The summed E-state index contributed by atoms with van der Waals surface area (Å²) in [5, 5.41) is 23.3. The van der Waals surface area contributed by atoms with E-state index in [4.69, 9.17) is 4.99 Å². The zero-order valence-corrected chi connectivity index (χ0v) is 26.9. The van der Waals surface area contributed by atoms with Gasteiger partial charge in [0.2, 0.25) is 0 Å². The van der Waals surface area contributed by atoms with Crippen molar-refractivity contribution in [2.45, 2.75) is 105 Å². The lowest BCUT2D eigenvalue weighted by Gasteiger charge is -2.27. The average molecular weight is 571 g/mol. The molecule has 228 valence electrons. The van der Waals surface area contributed by atoms with Crippen molar-refractivity contribution in [3.05, 3.63) is 53.7 Å². The Morgan fingerprint density at radius 1 is 1.19 bits per heavy atom. The molecule has 1 saturated carbocycles. The number of aliphatic hydroxyl groups is 1. The minimum atomic E-state index is 0.172. The molecule has 2 atom stereocenters. The fraction of sp³-hybridized carbons (Fsp3) is 0.568. The van der Waals surface area contributed by atoms with Gasteiger partial charge in [-0.3, -0.25) is 4.99 Å². The first-order valence-electron chi connectivity index (χ1n) is 16.4. The van der Waals surface area contributed by atoms with Gasteiger partial charge in [0.25, 0.3) is 0 Å². The van der Waals surface area contributed by atoms with Crippen LogP contribution in [0, 0.1) is 23.2 Å². The molecular formula is C37H54N4O. The van der Waals surface area contributed by atoms with Crippen molar-refractivity contribution in [1.29, 1.82) is 5.26 Å². The maximum absolute atomic E-state index is 10.3. The van der Waals surface area contributed by atoms with Crippen molar-refractivity contribution in [2.75, 3.05) is 29.9 Å². The van der Waals surface area contributed by atoms with E-state index >= 15 is 0 Å². The van der Waals surface area contributed by atoms with Crippen molar-refractivity contribution >= 4 is 23.3 Å². The van der Waals surface area contributed by atoms with Gasteiger partial charge in [-0.25, -0.2) is 0 Å². The summed E-state index contributed by atoms with van der Waals surface area (Å²) in [6.45, 7) is 16.6. The zero-order chi connectivity index (χ0) is 30.5. The van der Waals surface area contributed by atoms with Crippen LogP contribution in [0.2, 0.25) is 0 Å². The molecule has 1 heterocycles. The Balaban J connectivity index is 0.000000603. The Labute approximate surface area is 255 Å². The summed E-state index contributed by atoms with van der Waals surface area (Å²) >= 11 is 0. The number of aliphatic hydroxyl groups excluding tert-OH is 1. The second kappa shape index (κ2) is 17.1. The van der Waals surface area contributed by atoms with Crippen LogP contribution in [0.3, 0.4) is 0 Å². The molecule has 1 saturated heterocycles. The minimum absolute atomic E-state index is 0.172. The van der Waals surface area contributed by atoms with E-state index in [0.717, 1.165) is 84.9 Å². The number of aryl methyl sites for hydroxylation is 1. The van der Waals surface area contributed by atoms with Crippen LogP contribution in [0.25, 0.3) is 11.1 Å². The molecular weight excluding hydrogens is 516 g/mol. The molecule has 0 spiro atoms. The SMILES string of the molecule is C=CNc1c(C#N)c(N2CC[C@H](CO)C2)cc(-c2ccc(CCCC)c(N=CC)c2)c1C(C)CC.CC1CCCCC1. The molecule has 1 unspecified atom stereocenters. The third-order valence-corrected chi connectivity index (χ3v) is 9.05. The highest BCUT2D eigenvalue weighted by Crippen LogP contribution is 2.45. The van der Waals surface area contributed by atoms with Gasteiger partial charge in [0.1, 0.15) is 6.07 Å². The predicted molar refractivity (Wildman–Crippen MR) is 181 cm³/mol. The number of aliphatic imine (C=N–C) groups is 1. The lowest BCUT2D eigenvalue weighted by molar-refractivity contribution is 0.238. The second-order valence-electron chi connectivity index (χ2n) is 12.2. The summed E-state index contributed by atoms with van der Waals surface area (Å²) in [5.74, 6) is 1.52. The number of anilines is 2. The van der Waals surface area contributed by atoms with Gasteiger partial charge in [-0.1, -0.05) is 84.9 Å². The van der Waals surface area contributed by atoms with Crippen LogP contribution in [0.1, 0.15) is 115 Å². The molecule has 2 aliphatic rings. The first-order valence-corrected chi connectivity index (χ1v) is 16.4. The molecule has 2 aromatic carbocycles. The number of benzene rings is 2. The third-order valence-electron chi connectivity index (χ3n) is 9.05. The van der Waals surface area contributed by atoms with Gasteiger partial charge in [0.05, 0.1) is 22.6 Å². The van der Waals surface area contributed by atoms with Crippen LogP contribution >= 0.6 is 0 Å². The average Bonchev–Trinajstić information content (AvgIpc) is 3.50. The van der Waals surface area contributed by atoms with E-state index in [2.05, 4.69) is 74.8 Å². The largest absolute Gasteiger partial charge is 0.396 e. The predicted octanol–water partition coefficient (Wildman–Crippen LogP) is 9.76. The van der Waals surface area contributed by atoms with E-state index < -0.39 is 0 Å². The Hall–Kier alpha value is -3.10. The fourth-order valence-corrected chi connectivity index (χ4v) is 6.33. The summed E-state index contributed by atoms with van der Waals surface area (Å²) in [4.78, 5) is 6.95. The van der Waals surface area contributed by atoms with Crippen LogP contribution in [-0.4, -0.2) is 31.0 Å². The van der Waals surface area contributed by atoms with E-state index in [0.29, 0.717) is 5.56 Å². The molecule has 1 aliphatic heterocycles. The summed E-state index contributed by atoms with van der Waals surface area (Å²) in [6, 6.07) is 11.3. The van der Waals surface area contributed by atoms with Gasteiger partial charge in [0.15, 0.2) is 0 Å². The van der Waals surface area contributed by atoms with E-state index in [9.17, 15) is 10.4 Å². The van der Waals surface area contributed by atoms with Crippen molar-refractivity contribution in [3.63, 3.8) is 0 Å². The van der Waals surface area contributed by atoms with Gasteiger partial charge in [-0.2, -0.15) is 5.26 Å². The number of nitrogens with zero attached hydrogens (tertiary/aromatic N) is 3. The highest BCUT2D eigenvalue weighted by atomic mass is 16.3. The van der Waals surface area contributed by atoms with Crippen molar-refractivity contribution < 1.29 is 5.11 Å². The molecule has 5 nitrogen and oxygen atoms in total. The molecule has 0 bridgehead atoms. The fourth-order valence-electron chi connectivity index (χ4n) is 6.33. The normalized spacial score (nSPS) is 17.9. The van der Waals surface area contributed by atoms with Crippen LogP contribution in [0.4, 0.5) is 17.1 Å². The first kappa shape index (κ1) is 33.4. The van der Waals surface area contributed by atoms with Gasteiger partial charge < -0.3 is 15.3 Å². The maximum atomic E-state index is 10.3. The van der Waals surface area contributed by atoms with E-state index in [1.54, 1.807) is 6.20 Å². The number of unbranched alkanes of at least 4 members (excludes halogenated alkanes) is 1. The highest BCUT2D eigenvalue weighted by Gasteiger charge is 2.28. The molecule has 0 amide bonds. The lowest BCUT2D eigenvalue weighted by atomic mass is 9.85. The lowest BCUT2D eigenvalue weighted by Crippen LogP contribution is -2.22. The van der Waals surface area contributed by atoms with E-state index in [1.807, 2.05) is 13.1 Å². The van der Waals surface area contributed by atoms with Crippen LogP contribution in [0.15, 0.2) is 42.0 Å². The van der Waals surface area contributed by atoms with Crippen LogP contribution in [0.5, 0.6) is 0 Å². The van der Waals surface area contributed by atoms with Gasteiger partial charge in [-0.15, -0.1) is 0 Å². The number of rotatable bonds is 11. The molecule has 1 aliphatic carbocycles. The van der Waals surface area contributed by atoms with E-state index in [1.165, 1.54) is 37.7 Å². The number of hydrogen-bond donors (Lipinski definition) is 2. The summed E-state index contributed by atoms with van der Waals surface area (Å²) < 4.78 is 0. The summed E-state index contributed by atoms with van der Waals surface area (Å²) in [5.41, 5.74) is 8.06. The smallest absolute Gasteiger partial charge is 0.104 e. The van der Waals surface area contributed by atoms with Crippen LogP contribution in [-0.2, 0) is 6.42 Å². The van der Waals surface area contributed by atoms with Gasteiger partial charge in [0, 0.05) is 31.8 Å². The second-order valence-corrected chi connectivity index (χ2v) is 12.2. The maximum Gasteiger partial charge on any atom is 0.104 e. The highest BCUT2D eigenvalue weighted by molar-refractivity contribution is 5.87. The Morgan fingerprint density at radius 3 is 2.50 bits per heavy atom. The molecule has 2 N–H and O–H groups in total. The van der Waals surface area contributed by atoms with Crippen molar-refractivity contribution in [3.8, 4) is 17.2 Å². The molecule has 0 radical (unpaired) electrons. The Kier molecular flexibility index (Phi) is 13.6. The standard InChI is InChI=1S/C30H40N4O.C7H14/c1-6-10-11-23-12-13-24(16-27(23)32-8-3)25-17-28(34-15-14-22(19-34)20-35)26(18-31)30(33-9-4)29(25)21(5)7-2;1-7-5-3-2-4-6-7/h8-9,12-13,16-17,21-22,33,35H,4,6-7,10-11,14-15,19-20H2,1-3,5H3;7H,2-6H2,1H3/t21?,22-;/m0./s1. The van der Waals surface area contributed by atoms with Crippen LogP contribution < -0.4 is 10.2 Å². The topological polar surface area (TPSA) is 71.7 Å². The monoisotopic (exact) mass is 570 g/mol. The number of hydrogen-bond acceptors (Lipinski definition) is 5. The Morgan fingerprint density at radius 2 is 1.95 bits per heavy atom.